The zero-order chi connectivity index (χ0) is 15.4. The fraction of sp³-hybridized carbons (Fsp3) is 0.0833. The molecule has 0 atom stereocenters. The molecule has 0 saturated heterocycles. The van der Waals surface area contributed by atoms with Crippen molar-refractivity contribution >= 4 is 17.7 Å². The molecule has 0 radical (unpaired) electrons. The summed E-state index contributed by atoms with van der Waals surface area (Å²) in [6.45, 7) is 0.124. The van der Waals surface area contributed by atoms with E-state index in [0.717, 1.165) is 0 Å². The van der Waals surface area contributed by atoms with E-state index < -0.39 is 16.8 Å². The lowest BCUT2D eigenvalue weighted by Crippen LogP contribution is -2.23. The number of amides is 1. The largest absolute Gasteiger partial charge is 0.477 e. The first-order valence-corrected chi connectivity index (χ1v) is 5.77. The van der Waals surface area contributed by atoms with E-state index >= 15 is 0 Å². The monoisotopic (exact) mass is 290 g/mol. The molecule has 9 nitrogen and oxygen atoms in total. The predicted octanol–water partition coefficient (Wildman–Crippen LogP) is 0.946. The van der Waals surface area contributed by atoms with Crippen LogP contribution in [0, 0.1) is 10.1 Å². The van der Waals surface area contributed by atoms with Crippen molar-refractivity contribution < 1.29 is 19.6 Å². The van der Waals surface area contributed by atoms with Gasteiger partial charge in [-0.1, -0.05) is 6.07 Å². The number of aromatic carboxylic acids is 1. The molecule has 3 N–H and O–H groups in total. The topological polar surface area (TPSA) is 138 Å². The van der Waals surface area contributed by atoms with Crippen LogP contribution in [0.1, 0.15) is 26.5 Å². The Morgan fingerprint density at radius 2 is 2.10 bits per heavy atom. The highest BCUT2D eigenvalue weighted by Gasteiger charge is 2.15. The van der Waals surface area contributed by atoms with Crippen LogP contribution in [0.5, 0.6) is 0 Å². The lowest BCUT2D eigenvalue weighted by molar-refractivity contribution is -0.389. The van der Waals surface area contributed by atoms with Crippen LogP contribution in [-0.4, -0.2) is 31.9 Å². The number of carbonyl (C=O) groups is 2. The molecule has 1 amide bonds. The number of hydrogen-bond donors (Lipinski definition) is 3. The number of H-pyrrole nitrogens is 1. The molecular weight excluding hydrogens is 280 g/mol. The van der Waals surface area contributed by atoms with Gasteiger partial charge in [-0.3, -0.25) is 4.79 Å². The summed E-state index contributed by atoms with van der Waals surface area (Å²) in [6, 6.07) is 5.34. The number of carboxylic acids is 1. The SMILES string of the molecule is O=C(O)c1ccc(CNC(=O)c2ccc([N+](=O)[O-])[nH]2)cn1. The van der Waals surface area contributed by atoms with E-state index in [9.17, 15) is 19.7 Å². The summed E-state index contributed by atoms with van der Waals surface area (Å²) in [5, 5.41) is 21.7. The number of aromatic nitrogens is 2. The van der Waals surface area contributed by atoms with Crippen molar-refractivity contribution in [1.82, 2.24) is 15.3 Å². The number of pyridine rings is 1. The van der Waals surface area contributed by atoms with Crippen molar-refractivity contribution in [3.63, 3.8) is 0 Å². The lowest BCUT2D eigenvalue weighted by atomic mass is 10.2. The third-order valence-corrected chi connectivity index (χ3v) is 2.61. The van der Waals surface area contributed by atoms with E-state index in [-0.39, 0.29) is 23.8 Å². The number of carboxylic acid groups (broad SMARTS) is 1. The summed E-state index contributed by atoms with van der Waals surface area (Å²) in [5.74, 6) is -1.91. The average molecular weight is 290 g/mol. The number of rotatable bonds is 5. The molecule has 0 unspecified atom stereocenters. The van der Waals surface area contributed by atoms with Gasteiger partial charge < -0.3 is 20.5 Å². The number of hydrogen-bond acceptors (Lipinski definition) is 5. The maximum absolute atomic E-state index is 11.7. The zero-order valence-corrected chi connectivity index (χ0v) is 10.6. The molecule has 0 bridgehead atoms. The molecule has 2 aromatic heterocycles. The molecule has 21 heavy (non-hydrogen) atoms. The second kappa shape index (κ2) is 5.82. The Morgan fingerprint density at radius 1 is 1.33 bits per heavy atom. The van der Waals surface area contributed by atoms with E-state index in [1.807, 2.05) is 0 Å². The Hall–Kier alpha value is -3.23. The van der Waals surface area contributed by atoms with Gasteiger partial charge in [0, 0.05) is 18.8 Å². The van der Waals surface area contributed by atoms with Crippen LogP contribution in [0.15, 0.2) is 30.5 Å². The van der Waals surface area contributed by atoms with Gasteiger partial charge in [-0.25, -0.2) is 14.8 Å². The molecule has 108 valence electrons. The first kappa shape index (κ1) is 14.2. The van der Waals surface area contributed by atoms with Crippen LogP contribution in [0.25, 0.3) is 0 Å². The summed E-state index contributed by atoms with van der Waals surface area (Å²) < 4.78 is 0. The highest BCUT2D eigenvalue weighted by Crippen LogP contribution is 2.10. The van der Waals surface area contributed by atoms with Gasteiger partial charge in [0.2, 0.25) is 0 Å². The predicted molar refractivity (Wildman–Crippen MR) is 69.8 cm³/mol. The van der Waals surface area contributed by atoms with Crippen molar-refractivity contribution in [2.75, 3.05) is 0 Å². The fourth-order valence-corrected chi connectivity index (χ4v) is 1.56. The second-order valence-corrected chi connectivity index (χ2v) is 4.05. The summed E-state index contributed by atoms with van der Waals surface area (Å²) in [7, 11) is 0. The number of carbonyl (C=O) groups excluding carboxylic acids is 1. The van der Waals surface area contributed by atoms with Crippen LogP contribution < -0.4 is 5.32 Å². The number of nitrogens with one attached hydrogen (secondary N) is 2. The van der Waals surface area contributed by atoms with E-state index in [2.05, 4.69) is 15.3 Å². The summed E-state index contributed by atoms with van der Waals surface area (Å²) in [6.07, 6.45) is 1.33. The Bertz CT molecular complexity index is 692. The summed E-state index contributed by atoms with van der Waals surface area (Å²) >= 11 is 0. The smallest absolute Gasteiger partial charge is 0.354 e. The average Bonchev–Trinajstić information content (AvgIpc) is 2.95. The van der Waals surface area contributed by atoms with Crippen molar-refractivity contribution in [2.24, 2.45) is 0 Å². The van der Waals surface area contributed by atoms with E-state index in [1.165, 1.54) is 30.5 Å². The second-order valence-electron chi connectivity index (χ2n) is 4.05. The third kappa shape index (κ3) is 3.41. The number of aromatic amines is 1. The highest BCUT2D eigenvalue weighted by molar-refractivity contribution is 5.92. The standard InChI is InChI=1S/C12H10N4O5/c17-11(8-3-4-10(15-8)16(20)21)14-6-7-1-2-9(12(18)19)13-5-7/h1-5,15H,6H2,(H,14,17)(H,18,19). The molecule has 2 aromatic rings. The molecule has 0 aliphatic rings. The van der Waals surface area contributed by atoms with Gasteiger partial charge >= 0.3 is 11.8 Å². The highest BCUT2D eigenvalue weighted by atomic mass is 16.6. The Labute approximate surface area is 117 Å². The maximum Gasteiger partial charge on any atom is 0.354 e. The van der Waals surface area contributed by atoms with Crippen LogP contribution in [-0.2, 0) is 6.54 Å². The van der Waals surface area contributed by atoms with Crippen LogP contribution in [0.3, 0.4) is 0 Å². The number of nitrogens with zero attached hydrogens (tertiary/aromatic N) is 2. The zero-order valence-electron chi connectivity index (χ0n) is 10.6. The quantitative estimate of drug-likeness (QED) is 0.553. The third-order valence-electron chi connectivity index (χ3n) is 2.61. The van der Waals surface area contributed by atoms with Gasteiger partial charge in [-0.05, 0) is 22.6 Å². The minimum atomic E-state index is -1.13. The Morgan fingerprint density at radius 3 is 2.62 bits per heavy atom. The minimum absolute atomic E-state index is 0.0665. The first-order chi connectivity index (χ1) is 9.97. The maximum atomic E-state index is 11.7. The fourth-order valence-electron chi connectivity index (χ4n) is 1.56. The van der Waals surface area contributed by atoms with Crippen LogP contribution in [0.2, 0.25) is 0 Å². The van der Waals surface area contributed by atoms with E-state index in [1.54, 1.807) is 0 Å². The van der Waals surface area contributed by atoms with Crippen molar-refractivity contribution in [3.8, 4) is 0 Å². The molecule has 9 heteroatoms. The minimum Gasteiger partial charge on any atom is -0.477 e. The number of nitro groups is 1. The molecule has 2 heterocycles. The molecule has 0 saturated carbocycles. The molecule has 0 aliphatic heterocycles. The van der Waals surface area contributed by atoms with Crippen molar-refractivity contribution in [2.45, 2.75) is 6.54 Å². The summed E-state index contributed by atoms with van der Waals surface area (Å²) in [4.78, 5) is 38.3. The van der Waals surface area contributed by atoms with Gasteiger partial charge in [0.15, 0.2) is 5.69 Å². The molecule has 0 spiro atoms. The van der Waals surface area contributed by atoms with Gasteiger partial charge in [-0.2, -0.15) is 0 Å². The molecule has 0 aromatic carbocycles. The van der Waals surface area contributed by atoms with Crippen molar-refractivity contribution in [3.05, 3.63) is 57.5 Å². The van der Waals surface area contributed by atoms with E-state index in [0.29, 0.717) is 5.56 Å². The van der Waals surface area contributed by atoms with Crippen LogP contribution >= 0.6 is 0 Å². The molecular formula is C12H10N4O5. The van der Waals surface area contributed by atoms with Gasteiger partial charge in [0.25, 0.3) is 5.91 Å². The van der Waals surface area contributed by atoms with Gasteiger partial charge in [0.05, 0.1) is 0 Å². The molecule has 0 fully saturated rings. The lowest BCUT2D eigenvalue weighted by Gasteiger charge is -2.02. The Kier molecular flexibility index (Phi) is 3.93. The van der Waals surface area contributed by atoms with Crippen molar-refractivity contribution in [1.29, 1.82) is 0 Å². The molecule has 2 rings (SSSR count). The summed E-state index contributed by atoms with van der Waals surface area (Å²) in [5.41, 5.74) is 0.580. The Balaban J connectivity index is 1.97. The van der Waals surface area contributed by atoms with Crippen LogP contribution in [0.4, 0.5) is 5.82 Å². The van der Waals surface area contributed by atoms with Gasteiger partial charge in [0.1, 0.15) is 5.69 Å². The van der Waals surface area contributed by atoms with E-state index in [4.69, 9.17) is 5.11 Å². The van der Waals surface area contributed by atoms with Gasteiger partial charge in [-0.15, -0.1) is 0 Å². The molecule has 0 aliphatic carbocycles. The first-order valence-electron chi connectivity index (χ1n) is 5.77. The normalized spacial score (nSPS) is 10.1.